The minimum absolute atomic E-state index is 0.324. The van der Waals surface area contributed by atoms with Crippen LogP contribution in [0.25, 0.3) is 17.3 Å². The van der Waals surface area contributed by atoms with E-state index in [4.69, 9.17) is 4.74 Å². The number of rotatable bonds is 4. The van der Waals surface area contributed by atoms with Crippen molar-refractivity contribution in [3.63, 3.8) is 0 Å². The molecule has 2 rings (SSSR count). The van der Waals surface area contributed by atoms with Gasteiger partial charge in [0.15, 0.2) is 0 Å². The molecule has 0 radical (unpaired) electrons. The van der Waals surface area contributed by atoms with Crippen LogP contribution in [0.4, 0.5) is 0 Å². The predicted molar refractivity (Wildman–Crippen MR) is 69.7 cm³/mol. The number of carbonyl (C=O) groups is 1. The third kappa shape index (κ3) is 3.07. The Bertz CT molecular complexity index is 527. The number of benzene rings is 1. The van der Waals surface area contributed by atoms with Crippen molar-refractivity contribution < 1.29 is 9.53 Å². The van der Waals surface area contributed by atoms with Gasteiger partial charge in [-0.1, -0.05) is 24.3 Å². The van der Waals surface area contributed by atoms with Crippen LogP contribution in [0.5, 0.6) is 0 Å². The number of nitrogens with zero attached hydrogens (tertiary/aromatic N) is 1. The molecule has 0 fully saturated rings. The number of esters is 1. The Morgan fingerprint density at radius 3 is 2.78 bits per heavy atom. The number of imidazole rings is 1. The maximum absolute atomic E-state index is 11.1. The van der Waals surface area contributed by atoms with Crippen molar-refractivity contribution in [3.05, 3.63) is 48.4 Å². The Kier molecular flexibility index (Phi) is 3.91. The molecule has 1 heterocycles. The zero-order valence-electron chi connectivity index (χ0n) is 10.1. The SMILES string of the molecule is CCOC(=O)C=Cc1ccc(-c2cnc[nH]2)cc1. The van der Waals surface area contributed by atoms with Gasteiger partial charge in [-0.3, -0.25) is 0 Å². The van der Waals surface area contributed by atoms with Crippen molar-refractivity contribution in [2.75, 3.05) is 6.61 Å². The average Bonchev–Trinajstić information content (AvgIpc) is 2.91. The van der Waals surface area contributed by atoms with Gasteiger partial charge in [-0.15, -0.1) is 0 Å². The van der Waals surface area contributed by atoms with Crippen LogP contribution in [0.15, 0.2) is 42.9 Å². The van der Waals surface area contributed by atoms with E-state index in [0.29, 0.717) is 6.61 Å². The fraction of sp³-hybridized carbons (Fsp3) is 0.143. The first-order valence-electron chi connectivity index (χ1n) is 5.73. The highest BCUT2D eigenvalue weighted by Crippen LogP contribution is 2.16. The molecule has 0 aliphatic heterocycles. The maximum atomic E-state index is 11.1. The predicted octanol–water partition coefficient (Wildman–Crippen LogP) is 2.65. The molecule has 1 N–H and O–H groups in total. The zero-order valence-corrected chi connectivity index (χ0v) is 10.1. The van der Waals surface area contributed by atoms with E-state index in [1.54, 1.807) is 25.5 Å². The summed E-state index contributed by atoms with van der Waals surface area (Å²) in [7, 11) is 0. The summed E-state index contributed by atoms with van der Waals surface area (Å²) in [5.41, 5.74) is 2.98. The Morgan fingerprint density at radius 2 is 2.17 bits per heavy atom. The van der Waals surface area contributed by atoms with Gasteiger partial charge in [-0.25, -0.2) is 9.78 Å². The summed E-state index contributed by atoms with van der Waals surface area (Å²) >= 11 is 0. The molecule has 4 nitrogen and oxygen atoms in total. The molecule has 1 aromatic heterocycles. The summed E-state index contributed by atoms with van der Waals surface area (Å²) in [6.45, 7) is 2.17. The second kappa shape index (κ2) is 5.82. The average molecular weight is 242 g/mol. The van der Waals surface area contributed by atoms with Crippen molar-refractivity contribution in [1.82, 2.24) is 9.97 Å². The molecule has 0 unspecified atom stereocenters. The van der Waals surface area contributed by atoms with Gasteiger partial charge in [0.25, 0.3) is 0 Å². The Morgan fingerprint density at radius 1 is 1.39 bits per heavy atom. The van der Waals surface area contributed by atoms with E-state index in [2.05, 4.69) is 9.97 Å². The number of H-pyrrole nitrogens is 1. The van der Waals surface area contributed by atoms with Gasteiger partial charge in [-0.2, -0.15) is 0 Å². The summed E-state index contributed by atoms with van der Waals surface area (Å²) in [6.07, 6.45) is 6.57. The number of hydrogen-bond donors (Lipinski definition) is 1. The lowest BCUT2D eigenvalue weighted by Crippen LogP contribution is -1.98. The lowest BCUT2D eigenvalue weighted by Gasteiger charge is -1.99. The number of hydrogen-bond acceptors (Lipinski definition) is 3. The van der Waals surface area contributed by atoms with Crippen molar-refractivity contribution in [1.29, 1.82) is 0 Å². The van der Waals surface area contributed by atoms with Crippen LogP contribution < -0.4 is 0 Å². The summed E-state index contributed by atoms with van der Waals surface area (Å²) < 4.78 is 4.81. The molecule has 0 bridgehead atoms. The quantitative estimate of drug-likeness (QED) is 0.662. The van der Waals surface area contributed by atoms with Crippen LogP contribution in [0.3, 0.4) is 0 Å². The summed E-state index contributed by atoms with van der Waals surface area (Å²) in [5, 5.41) is 0. The van der Waals surface area contributed by atoms with E-state index in [1.807, 2.05) is 24.3 Å². The van der Waals surface area contributed by atoms with E-state index in [1.165, 1.54) is 6.08 Å². The Hall–Kier alpha value is -2.36. The second-order valence-corrected chi connectivity index (χ2v) is 3.67. The van der Waals surface area contributed by atoms with Gasteiger partial charge in [0.2, 0.25) is 0 Å². The van der Waals surface area contributed by atoms with E-state index in [-0.39, 0.29) is 5.97 Å². The minimum Gasteiger partial charge on any atom is -0.463 e. The molecule has 0 saturated heterocycles. The molecule has 0 spiro atoms. The highest BCUT2D eigenvalue weighted by Gasteiger charge is 1.98. The van der Waals surface area contributed by atoms with Gasteiger partial charge in [0.05, 0.1) is 24.8 Å². The van der Waals surface area contributed by atoms with Gasteiger partial charge in [0, 0.05) is 6.08 Å². The van der Waals surface area contributed by atoms with Crippen LogP contribution in [-0.4, -0.2) is 22.5 Å². The second-order valence-electron chi connectivity index (χ2n) is 3.67. The highest BCUT2D eigenvalue weighted by molar-refractivity contribution is 5.87. The Labute approximate surface area is 105 Å². The zero-order chi connectivity index (χ0) is 12.8. The Balaban J connectivity index is 2.06. The summed E-state index contributed by atoms with van der Waals surface area (Å²) in [5.74, 6) is -0.324. The molecule has 18 heavy (non-hydrogen) atoms. The monoisotopic (exact) mass is 242 g/mol. The van der Waals surface area contributed by atoms with Gasteiger partial charge in [-0.05, 0) is 24.1 Å². The van der Waals surface area contributed by atoms with E-state index in [0.717, 1.165) is 16.8 Å². The van der Waals surface area contributed by atoms with Crippen LogP contribution in [0.2, 0.25) is 0 Å². The minimum atomic E-state index is -0.324. The largest absolute Gasteiger partial charge is 0.463 e. The molecule has 0 amide bonds. The summed E-state index contributed by atoms with van der Waals surface area (Å²) in [4.78, 5) is 18.2. The third-order valence-corrected chi connectivity index (χ3v) is 2.42. The van der Waals surface area contributed by atoms with E-state index in [9.17, 15) is 4.79 Å². The number of aromatic amines is 1. The molecular formula is C14H14N2O2. The first-order valence-corrected chi connectivity index (χ1v) is 5.73. The third-order valence-electron chi connectivity index (χ3n) is 2.42. The highest BCUT2D eigenvalue weighted by atomic mass is 16.5. The fourth-order valence-corrected chi connectivity index (χ4v) is 1.54. The number of nitrogens with one attached hydrogen (secondary N) is 1. The molecule has 1 aromatic carbocycles. The first kappa shape index (κ1) is 12.1. The molecule has 0 atom stereocenters. The number of ether oxygens (including phenoxy) is 1. The molecule has 4 heteroatoms. The van der Waals surface area contributed by atoms with Crippen LogP contribution in [0.1, 0.15) is 12.5 Å². The number of carbonyl (C=O) groups excluding carboxylic acids is 1. The molecule has 92 valence electrons. The lowest BCUT2D eigenvalue weighted by molar-refractivity contribution is -0.137. The van der Waals surface area contributed by atoms with Gasteiger partial charge < -0.3 is 9.72 Å². The number of aromatic nitrogens is 2. The normalized spacial score (nSPS) is 10.7. The van der Waals surface area contributed by atoms with Crippen molar-refractivity contribution in [2.24, 2.45) is 0 Å². The smallest absolute Gasteiger partial charge is 0.330 e. The standard InChI is InChI=1S/C14H14N2O2/c1-2-18-14(17)8-5-11-3-6-12(7-4-11)13-9-15-10-16-13/h3-10H,2H2,1H3,(H,15,16). The van der Waals surface area contributed by atoms with E-state index >= 15 is 0 Å². The maximum Gasteiger partial charge on any atom is 0.330 e. The first-order chi connectivity index (χ1) is 8.79. The van der Waals surface area contributed by atoms with Gasteiger partial charge in [0.1, 0.15) is 0 Å². The van der Waals surface area contributed by atoms with Crippen molar-refractivity contribution in [2.45, 2.75) is 6.92 Å². The van der Waals surface area contributed by atoms with Crippen LogP contribution in [0, 0.1) is 0 Å². The molecular weight excluding hydrogens is 228 g/mol. The summed E-state index contributed by atoms with van der Waals surface area (Å²) in [6, 6.07) is 7.81. The van der Waals surface area contributed by atoms with Crippen LogP contribution >= 0.6 is 0 Å². The van der Waals surface area contributed by atoms with Gasteiger partial charge >= 0.3 is 5.97 Å². The van der Waals surface area contributed by atoms with Crippen molar-refractivity contribution in [3.8, 4) is 11.3 Å². The topological polar surface area (TPSA) is 55.0 Å². The molecule has 0 aliphatic carbocycles. The van der Waals surface area contributed by atoms with E-state index < -0.39 is 0 Å². The molecule has 0 saturated carbocycles. The van der Waals surface area contributed by atoms with Crippen molar-refractivity contribution >= 4 is 12.0 Å². The molecule has 2 aromatic rings. The lowest BCUT2D eigenvalue weighted by atomic mass is 10.1. The van der Waals surface area contributed by atoms with Crippen LogP contribution in [-0.2, 0) is 9.53 Å². The fourth-order valence-electron chi connectivity index (χ4n) is 1.54. The molecule has 0 aliphatic rings.